The van der Waals surface area contributed by atoms with Gasteiger partial charge in [0.05, 0.1) is 12.0 Å². The van der Waals surface area contributed by atoms with Crippen molar-refractivity contribution >= 4 is 29.1 Å². The molecular weight excluding hydrogens is 404 g/mol. The van der Waals surface area contributed by atoms with Crippen LogP contribution >= 0.6 is 11.6 Å². The number of amides is 2. The first-order valence-electron chi connectivity index (χ1n) is 9.08. The third-order valence-corrected chi connectivity index (χ3v) is 4.64. The van der Waals surface area contributed by atoms with Gasteiger partial charge in [-0.3, -0.25) is 9.59 Å². The van der Waals surface area contributed by atoms with Gasteiger partial charge < -0.3 is 15.1 Å². The molecule has 0 saturated carbocycles. The molecule has 4 aromatic rings. The van der Waals surface area contributed by atoms with Gasteiger partial charge >= 0.3 is 0 Å². The Bertz CT molecular complexity index is 1200. The molecule has 2 N–H and O–H groups in total. The fraction of sp³-hybridized carbons (Fsp3) is 0.0455. The summed E-state index contributed by atoms with van der Waals surface area (Å²) in [5.41, 5.74) is 2.56. The Labute approximate surface area is 177 Å². The molecule has 2 aromatic heterocycles. The SMILES string of the molecule is CNC(=O)c1ccc(NC(=O)c2cc(-c3ccco3)n(-c3cccc(Cl)c3)n2)cc1. The zero-order valence-electron chi connectivity index (χ0n) is 15.9. The van der Waals surface area contributed by atoms with E-state index < -0.39 is 5.91 Å². The van der Waals surface area contributed by atoms with Gasteiger partial charge in [0.1, 0.15) is 5.69 Å². The van der Waals surface area contributed by atoms with E-state index in [9.17, 15) is 9.59 Å². The highest BCUT2D eigenvalue weighted by Gasteiger charge is 2.19. The fourth-order valence-corrected chi connectivity index (χ4v) is 3.13. The molecule has 2 heterocycles. The lowest BCUT2D eigenvalue weighted by Gasteiger charge is -2.06. The number of hydrogen-bond acceptors (Lipinski definition) is 4. The van der Waals surface area contributed by atoms with Crippen LogP contribution in [0.25, 0.3) is 17.1 Å². The van der Waals surface area contributed by atoms with Crippen molar-refractivity contribution in [2.24, 2.45) is 0 Å². The number of aromatic nitrogens is 2. The molecule has 0 radical (unpaired) electrons. The second-order valence-corrected chi connectivity index (χ2v) is 6.83. The smallest absolute Gasteiger partial charge is 0.276 e. The van der Waals surface area contributed by atoms with E-state index in [1.54, 1.807) is 78.7 Å². The lowest BCUT2D eigenvalue weighted by Crippen LogP contribution is -2.18. The van der Waals surface area contributed by atoms with E-state index in [0.717, 1.165) is 0 Å². The lowest BCUT2D eigenvalue weighted by atomic mass is 10.2. The normalized spacial score (nSPS) is 10.6. The van der Waals surface area contributed by atoms with Crippen LogP contribution in [0.3, 0.4) is 0 Å². The quantitative estimate of drug-likeness (QED) is 0.501. The van der Waals surface area contributed by atoms with Gasteiger partial charge in [-0.25, -0.2) is 4.68 Å². The maximum atomic E-state index is 12.8. The highest BCUT2D eigenvalue weighted by atomic mass is 35.5. The van der Waals surface area contributed by atoms with Gasteiger partial charge in [-0.2, -0.15) is 5.10 Å². The number of nitrogens with zero attached hydrogens (tertiary/aromatic N) is 2. The Morgan fingerprint density at radius 3 is 2.47 bits per heavy atom. The van der Waals surface area contributed by atoms with Crippen LogP contribution < -0.4 is 10.6 Å². The van der Waals surface area contributed by atoms with Crippen molar-refractivity contribution in [1.82, 2.24) is 15.1 Å². The van der Waals surface area contributed by atoms with Crippen LogP contribution in [0.2, 0.25) is 5.02 Å². The average molecular weight is 421 g/mol. The molecule has 0 saturated heterocycles. The summed E-state index contributed by atoms with van der Waals surface area (Å²) in [5.74, 6) is -0.0241. The molecule has 4 rings (SSSR count). The van der Waals surface area contributed by atoms with Crippen molar-refractivity contribution in [1.29, 1.82) is 0 Å². The van der Waals surface area contributed by atoms with Crippen molar-refractivity contribution < 1.29 is 14.0 Å². The predicted octanol–water partition coefficient (Wildman–Crippen LogP) is 4.40. The van der Waals surface area contributed by atoms with E-state index in [2.05, 4.69) is 15.7 Å². The zero-order valence-corrected chi connectivity index (χ0v) is 16.7. The molecule has 0 fully saturated rings. The molecule has 150 valence electrons. The minimum atomic E-state index is -0.392. The second-order valence-electron chi connectivity index (χ2n) is 6.39. The molecule has 30 heavy (non-hydrogen) atoms. The van der Waals surface area contributed by atoms with Crippen molar-refractivity contribution in [3.8, 4) is 17.1 Å². The molecule has 0 bridgehead atoms. The largest absolute Gasteiger partial charge is 0.463 e. The van der Waals surface area contributed by atoms with Crippen LogP contribution in [-0.4, -0.2) is 28.6 Å². The summed E-state index contributed by atoms with van der Waals surface area (Å²) < 4.78 is 7.11. The molecule has 7 nitrogen and oxygen atoms in total. The van der Waals surface area contributed by atoms with Crippen LogP contribution in [0, 0.1) is 0 Å². The molecule has 0 unspecified atom stereocenters. The minimum absolute atomic E-state index is 0.198. The number of rotatable bonds is 5. The van der Waals surface area contributed by atoms with Crippen LogP contribution in [0.1, 0.15) is 20.8 Å². The molecule has 2 aromatic carbocycles. The number of carbonyl (C=O) groups excluding carboxylic acids is 2. The molecule has 0 aliphatic rings. The summed E-state index contributed by atoms with van der Waals surface area (Å²) in [7, 11) is 1.56. The first-order valence-corrected chi connectivity index (χ1v) is 9.46. The van der Waals surface area contributed by atoms with Gasteiger partial charge in [-0.1, -0.05) is 17.7 Å². The highest BCUT2D eigenvalue weighted by Crippen LogP contribution is 2.26. The van der Waals surface area contributed by atoms with E-state index in [1.807, 2.05) is 6.07 Å². The van der Waals surface area contributed by atoms with Crippen LogP contribution in [0.4, 0.5) is 5.69 Å². The number of anilines is 1. The number of carbonyl (C=O) groups is 2. The first kappa shape index (κ1) is 19.5. The fourth-order valence-electron chi connectivity index (χ4n) is 2.94. The Morgan fingerprint density at radius 2 is 1.80 bits per heavy atom. The van der Waals surface area contributed by atoms with Gasteiger partial charge in [-0.15, -0.1) is 0 Å². The Kier molecular flexibility index (Phi) is 5.36. The first-order chi connectivity index (χ1) is 14.5. The minimum Gasteiger partial charge on any atom is -0.463 e. The summed E-state index contributed by atoms with van der Waals surface area (Å²) in [6.45, 7) is 0. The maximum absolute atomic E-state index is 12.8. The van der Waals surface area contributed by atoms with Crippen molar-refractivity contribution in [3.63, 3.8) is 0 Å². The van der Waals surface area contributed by atoms with E-state index in [0.29, 0.717) is 33.4 Å². The average Bonchev–Trinajstić information content (AvgIpc) is 3.43. The summed E-state index contributed by atoms with van der Waals surface area (Å²) in [5, 5.41) is 10.3. The van der Waals surface area contributed by atoms with Crippen LogP contribution in [-0.2, 0) is 0 Å². The second kappa shape index (κ2) is 8.26. The topological polar surface area (TPSA) is 89.2 Å². The van der Waals surface area contributed by atoms with Crippen LogP contribution in [0.5, 0.6) is 0 Å². The molecule has 8 heteroatoms. The monoisotopic (exact) mass is 420 g/mol. The molecule has 0 atom stereocenters. The number of hydrogen-bond donors (Lipinski definition) is 2. The molecular formula is C22H17ClN4O3. The van der Waals surface area contributed by atoms with Crippen molar-refractivity contribution in [3.05, 3.63) is 89.3 Å². The predicted molar refractivity (Wildman–Crippen MR) is 114 cm³/mol. The summed E-state index contributed by atoms with van der Waals surface area (Å²) in [6.07, 6.45) is 1.55. The van der Waals surface area contributed by atoms with E-state index >= 15 is 0 Å². The van der Waals surface area contributed by atoms with E-state index in [-0.39, 0.29) is 11.6 Å². The Hall–Kier alpha value is -3.84. The summed E-state index contributed by atoms with van der Waals surface area (Å²) in [4.78, 5) is 24.4. The Morgan fingerprint density at radius 1 is 1.00 bits per heavy atom. The number of nitrogens with one attached hydrogen (secondary N) is 2. The van der Waals surface area contributed by atoms with Gasteiger partial charge in [0.2, 0.25) is 0 Å². The van der Waals surface area contributed by atoms with E-state index in [4.69, 9.17) is 16.0 Å². The standard InChI is InChI=1S/C22H17ClN4O3/c1-24-21(28)14-7-9-16(10-8-14)25-22(29)18-13-19(20-6-3-11-30-20)27(26-18)17-5-2-4-15(23)12-17/h2-13H,1H3,(H,24,28)(H,25,29). The molecule has 0 spiro atoms. The molecule has 2 amide bonds. The highest BCUT2D eigenvalue weighted by molar-refractivity contribution is 6.30. The van der Waals surface area contributed by atoms with Crippen LogP contribution in [0.15, 0.2) is 77.4 Å². The van der Waals surface area contributed by atoms with Gasteiger partial charge in [0.25, 0.3) is 11.8 Å². The van der Waals surface area contributed by atoms with Gasteiger partial charge in [0, 0.05) is 29.4 Å². The number of benzene rings is 2. The van der Waals surface area contributed by atoms with Crippen molar-refractivity contribution in [2.75, 3.05) is 12.4 Å². The summed E-state index contributed by atoms with van der Waals surface area (Å²) in [6, 6.07) is 18.9. The lowest BCUT2D eigenvalue weighted by molar-refractivity contribution is 0.0962. The van der Waals surface area contributed by atoms with E-state index in [1.165, 1.54) is 0 Å². The zero-order chi connectivity index (χ0) is 21.1. The third-order valence-electron chi connectivity index (χ3n) is 4.40. The maximum Gasteiger partial charge on any atom is 0.276 e. The van der Waals surface area contributed by atoms with Crippen molar-refractivity contribution in [2.45, 2.75) is 0 Å². The third kappa shape index (κ3) is 3.97. The Balaban J connectivity index is 1.65. The number of halogens is 1. The molecule has 0 aliphatic carbocycles. The summed E-state index contributed by atoms with van der Waals surface area (Å²) >= 11 is 6.12. The van der Waals surface area contributed by atoms with Gasteiger partial charge in [0.15, 0.2) is 11.5 Å². The van der Waals surface area contributed by atoms with Gasteiger partial charge in [-0.05, 0) is 54.6 Å². The number of furan rings is 1. The molecule has 0 aliphatic heterocycles.